The lowest BCUT2D eigenvalue weighted by Gasteiger charge is -2.25. The van der Waals surface area contributed by atoms with Gasteiger partial charge in [-0.2, -0.15) is 0 Å². The third-order valence-electron chi connectivity index (χ3n) is 5.39. The number of hydrogen-bond acceptors (Lipinski definition) is 5. The summed E-state index contributed by atoms with van der Waals surface area (Å²) in [6, 6.07) is 11.2. The molecule has 0 bridgehead atoms. The Balaban J connectivity index is 2.17. The predicted molar refractivity (Wildman–Crippen MR) is 120 cm³/mol. The van der Waals surface area contributed by atoms with Crippen LogP contribution in [0.2, 0.25) is 5.02 Å². The fourth-order valence-corrected chi connectivity index (χ4v) is 3.96. The molecule has 0 spiro atoms. The summed E-state index contributed by atoms with van der Waals surface area (Å²) in [6.45, 7) is 2.49. The first-order valence-corrected chi connectivity index (χ1v) is 10.6. The third kappa shape index (κ3) is 4.54. The number of carbonyl (C=O) groups is 2. The van der Waals surface area contributed by atoms with Crippen molar-refractivity contribution in [3.63, 3.8) is 0 Å². The number of halogens is 1. The van der Waals surface area contributed by atoms with Crippen LogP contribution in [0.25, 0.3) is 5.76 Å². The highest BCUT2D eigenvalue weighted by Crippen LogP contribution is 2.41. The van der Waals surface area contributed by atoms with Gasteiger partial charge in [-0.1, -0.05) is 43.5 Å². The molecular weight excluding hydrogens is 418 g/mol. The van der Waals surface area contributed by atoms with Gasteiger partial charge < -0.3 is 19.5 Å². The molecule has 7 heteroatoms. The summed E-state index contributed by atoms with van der Waals surface area (Å²) >= 11 is 6.12. The van der Waals surface area contributed by atoms with Crippen LogP contribution < -0.4 is 9.47 Å². The number of unbranched alkanes of at least 4 members (excludes halogenated alkanes) is 2. The van der Waals surface area contributed by atoms with Gasteiger partial charge >= 0.3 is 0 Å². The predicted octanol–water partition coefficient (Wildman–Crippen LogP) is 4.97. The van der Waals surface area contributed by atoms with E-state index in [0.29, 0.717) is 28.6 Å². The highest BCUT2D eigenvalue weighted by Gasteiger charge is 2.46. The Kier molecular flexibility index (Phi) is 7.23. The summed E-state index contributed by atoms with van der Waals surface area (Å²) in [4.78, 5) is 27.5. The first kappa shape index (κ1) is 22.7. The van der Waals surface area contributed by atoms with E-state index in [2.05, 4.69) is 6.92 Å². The molecule has 1 fully saturated rings. The van der Waals surface area contributed by atoms with Crippen LogP contribution in [0, 0.1) is 0 Å². The molecule has 0 radical (unpaired) electrons. The maximum atomic E-state index is 13.0. The molecule has 2 aromatic carbocycles. The number of likely N-dealkylation sites (tertiary alicyclic amines) is 1. The van der Waals surface area contributed by atoms with E-state index in [1.807, 2.05) is 0 Å². The number of carbonyl (C=O) groups excluding carboxylic acids is 2. The SMILES string of the molecule is CCCCCN1C(=O)C(=O)/C(=C(/O)c2cc(Cl)ccc2OC)C1c1ccc(OC)cc1. The number of nitrogens with zero attached hydrogens (tertiary/aromatic N) is 1. The number of Topliss-reactive ketones (excluding diaryl/α,β-unsaturated/α-hetero) is 1. The lowest BCUT2D eigenvalue weighted by molar-refractivity contribution is -0.139. The smallest absolute Gasteiger partial charge is 0.295 e. The van der Waals surface area contributed by atoms with Crippen molar-refractivity contribution in [1.29, 1.82) is 0 Å². The molecule has 164 valence electrons. The Hall–Kier alpha value is -2.99. The van der Waals surface area contributed by atoms with Crippen LogP contribution >= 0.6 is 11.6 Å². The van der Waals surface area contributed by atoms with Gasteiger partial charge in [0.15, 0.2) is 0 Å². The van der Waals surface area contributed by atoms with Crippen LogP contribution in [-0.4, -0.2) is 42.5 Å². The number of benzene rings is 2. The minimum absolute atomic E-state index is 0.0206. The fraction of sp³-hybridized carbons (Fsp3) is 0.333. The second-order valence-corrected chi connectivity index (χ2v) is 7.75. The number of aliphatic hydroxyl groups is 1. The van der Waals surface area contributed by atoms with Gasteiger partial charge in [0.1, 0.15) is 17.3 Å². The fourth-order valence-electron chi connectivity index (χ4n) is 3.79. The Morgan fingerprint density at radius 3 is 2.39 bits per heavy atom. The molecule has 1 N–H and O–H groups in total. The van der Waals surface area contributed by atoms with Crippen LogP contribution in [0.15, 0.2) is 48.0 Å². The molecule has 0 saturated carbocycles. The van der Waals surface area contributed by atoms with E-state index in [4.69, 9.17) is 21.1 Å². The number of rotatable bonds is 8. The molecule has 31 heavy (non-hydrogen) atoms. The number of aliphatic hydroxyl groups excluding tert-OH is 1. The average Bonchev–Trinajstić information content (AvgIpc) is 3.03. The summed E-state index contributed by atoms with van der Waals surface area (Å²) in [5.41, 5.74) is 0.992. The first-order chi connectivity index (χ1) is 14.9. The third-order valence-corrected chi connectivity index (χ3v) is 5.63. The molecule has 1 heterocycles. The van der Waals surface area contributed by atoms with Crippen molar-refractivity contribution in [2.75, 3.05) is 20.8 Å². The number of methoxy groups -OCH3 is 2. The molecule has 3 rings (SSSR count). The highest BCUT2D eigenvalue weighted by atomic mass is 35.5. The summed E-state index contributed by atoms with van der Waals surface area (Å²) in [6.07, 6.45) is 2.67. The molecular formula is C24H26ClNO5. The zero-order valence-corrected chi connectivity index (χ0v) is 18.6. The van der Waals surface area contributed by atoms with Crippen molar-refractivity contribution in [3.8, 4) is 11.5 Å². The van der Waals surface area contributed by atoms with Gasteiger partial charge in [0.2, 0.25) is 0 Å². The molecule has 1 aliphatic rings. The van der Waals surface area contributed by atoms with Crippen LogP contribution in [0.3, 0.4) is 0 Å². The summed E-state index contributed by atoms with van der Waals surface area (Å²) < 4.78 is 10.6. The zero-order valence-electron chi connectivity index (χ0n) is 17.9. The molecule has 1 atom stereocenters. The maximum absolute atomic E-state index is 13.0. The monoisotopic (exact) mass is 443 g/mol. The summed E-state index contributed by atoms with van der Waals surface area (Å²) in [7, 11) is 3.03. The molecule has 1 saturated heterocycles. The van der Waals surface area contributed by atoms with Crippen molar-refractivity contribution in [2.45, 2.75) is 32.2 Å². The maximum Gasteiger partial charge on any atom is 0.295 e. The zero-order chi connectivity index (χ0) is 22.5. The molecule has 0 aromatic heterocycles. The molecule has 0 aliphatic carbocycles. The van der Waals surface area contributed by atoms with Crippen LogP contribution in [0.5, 0.6) is 11.5 Å². The Labute approximate surface area is 187 Å². The number of ether oxygens (including phenoxy) is 2. The van der Waals surface area contributed by atoms with E-state index in [0.717, 1.165) is 19.3 Å². The van der Waals surface area contributed by atoms with E-state index in [1.165, 1.54) is 18.1 Å². The van der Waals surface area contributed by atoms with Gasteiger partial charge in [-0.3, -0.25) is 9.59 Å². The van der Waals surface area contributed by atoms with Crippen LogP contribution in [0.1, 0.15) is 43.4 Å². The number of hydrogen-bond donors (Lipinski definition) is 1. The average molecular weight is 444 g/mol. The largest absolute Gasteiger partial charge is 0.507 e. The van der Waals surface area contributed by atoms with E-state index >= 15 is 0 Å². The minimum Gasteiger partial charge on any atom is -0.507 e. The molecule has 6 nitrogen and oxygen atoms in total. The highest BCUT2D eigenvalue weighted by molar-refractivity contribution is 6.46. The van der Waals surface area contributed by atoms with Crippen LogP contribution in [0.4, 0.5) is 0 Å². The van der Waals surface area contributed by atoms with E-state index < -0.39 is 17.7 Å². The Morgan fingerprint density at radius 1 is 1.06 bits per heavy atom. The topological polar surface area (TPSA) is 76.1 Å². The van der Waals surface area contributed by atoms with E-state index in [9.17, 15) is 14.7 Å². The van der Waals surface area contributed by atoms with Gasteiger partial charge in [0.25, 0.3) is 11.7 Å². The van der Waals surface area contributed by atoms with E-state index in [1.54, 1.807) is 43.5 Å². The second kappa shape index (κ2) is 9.88. The normalized spacial score (nSPS) is 17.8. The van der Waals surface area contributed by atoms with E-state index in [-0.39, 0.29) is 16.9 Å². The first-order valence-electron chi connectivity index (χ1n) is 10.2. The number of ketones is 1. The lowest BCUT2D eigenvalue weighted by Crippen LogP contribution is -2.30. The van der Waals surface area contributed by atoms with Crippen molar-refractivity contribution >= 4 is 29.1 Å². The number of amides is 1. The molecule has 1 amide bonds. The summed E-state index contributed by atoms with van der Waals surface area (Å²) in [5.74, 6) is -0.649. The van der Waals surface area contributed by atoms with Gasteiger partial charge in [-0.25, -0.2) is 0 Å². The van der Waals surface area contributed by atoms with Crippen molar-refractivity contribution in [1.82, 2.24) is 4.90 Å². The van der Waals surface area contributed by atoms with Crippen molar-refractivity contribution in [2.24, 2.45) is 0 Å². The Morgan fingerprint density at radius 2 is 1.77 bits per heavy atom. The van der Waals surface area contributed by atoms with Gasteiger partial charge in [-0.15, -0.1) is 0 Å². The van der Waals surface area contributed by atoms with Gasteiger partial charge in [0, 0.05) is 11.6 Å². The van der Waals surface area contributed by atoms with Gasteiger partial charge in [0.05, 0.1) is 31.4 Å². The standard InChI is InChI=1S/C24H26ClNO5/c1-4-5-6-13-26-21(15-7-10-17(30-2)11-8-15)20(23(28)24(26)29)22(27)18-14-16(25)9-12-19(18)31-3/h7-12,14,21,27H,4-6,13H2,1-3H3/b22-20+. The minimum atomic E-state index is -0.725. The Bertz CT molecular complexity index is 1000. The molecule has 1 aliphatic heterocycles. The van der Waals surface area contributed by atoms with Crippen LogP contribution in [-0.2, 0) is 9.59 Å². The molecule has 1 unspecified atom stereocenters. The quantitative estimate of drug-likeness (QED) is 0.270. The lowest BCUT2D eigenvalue weighted by atomic mass is 9.95. The van der Waals surface area contributed by atoms with Crippen molar-refractivity contribution < 1.29 is 24.2 Å². The van der Waals surface area contributed by atoms with Gasteiger partial charge in [-0.05, 0) is 42.3 Å². The second-order valence-electron chi connectivity index (χ2n) is 7.32. The van der Waals surface area contributed by atoms with Crippen molar-refractivity contribution in [3.05, 3.63) is 64.2 Å². The summed E-state index contributed by atoms with van der Waals surface area (Å²) in [5, 5.41) is 11.6. The molecule has 2 aromatic rings.